The van der Waals surface area contributed by atoms with Crippen LogP contribution in [0.3, 0.4) is 0 Å². The minimum absolute atomic E-state index is 0.0235. The molecule has 3 rings (SSSR count). The Balaban J connectivity index is 1.66. The number of ether oxygens (including phenoxy) is 1. The van der Waals surface area contributed by atoms with E-state index in [2.05, 4.69) is 10.3 Å². The molecule has 1 aromatic carbocycles. The molecule has 1 aromatic heterocycles. The lowest BCUT2D eigenvalue weighted by atomic mass is 10.0. The normalized spacial score (nSPS) is 17.3. The van der Waals surface area contributed by atoms with Gasteiger partial charge in [0.1, 0.15) is 0 Å². The topological polar surface area (TPSA) is 106 Å². The van der Waals surface area contributed by atoms with Crippen LogP contribution in [0.25, 0.3) is 0 Å². The summed E-state index contributed by atoms with van der Waals surface area (Å²) in [5, 5.41) is 4.72. The highest BCUT2D eigenvalue weighted by molar-refractivity contribution is 7.89. The number of carbonyl (C=O) groups is 2. The highest BCUT2D eigenvalue weighted by atomic mass is 32.2. The van der Waals surface area contributed by atoms with Crippen molar-refractivity contribution < 1.29 is 22.7 Å². The van der Waals surface area contributed by atoms with Gasteiger partial charge in [-0.3, -0.25) is 14.9 Å². The Kier molecular flexibility index (Phi) is 7.79. The summed E-state index contributed by atoms with van der Waals surface area (Å²) in [7, 11) is -3.59. The number of esters is 1. The fourth-order valence-electron chi connectivity index (χ4n) is 3.59. The van der Waals surface area contributed by atoms with Crippen molar-refractivity contribution in [2.45, 2.75) is 56.9 Å². The van der Waals surface area contributed by atoms with E-state index < -0.39 is 15.9 Å². The van der Waals surface area contributed by atoms with Crippen LogP contribution in [0.4, 0.5) is 5.13 Å². The van der Waals surface area contributed by atoms with Crippen LogP contribution in [-0.2, 0) is 26.0 Å². The predicted molar refractivity (Wildman–Crippen MR) is 119 cm³/mol. The highest BCUT2D eigenvalue weighted by Gasteiger charge is 2.32. The molecule has 1 atom stereocenters. The molecule has 0 radical (unpaired) electrons. The van der Waals surface area contributed by atoms with Crippen molar-refractivity contribution in [2.75, 3.05) is 18.5 Å². The number of nitrogens with zero attached hydrogens (tertiary/aromatic N) is 2. The average molecular weight is 466 g/mol. The van der Waals surface area contributed by atoms with Crippen LogP contribution in [0, 0.1) is 0 Å². The zero-order valence-corrected chi connectivity index (χ0v) is 19.3. The minimum Gasteiger partial charge on any atom is -0.466 e. The van der Waals surface area contributed by atoms with Crippen molar-refractivity contribution in [2.24, 2.45) is 0 Å². The van der Waals surface area contributed by atoms with Gasteiger partial charge in [-0.25, -0.2) is 13.4 Å². The first-order valence-corrected chi connectivity index (χ1v) is 12.7. The van der Waals surface area contributed by atoms with Crippen LogP contribution in [0.1, 0.15) is 55.6 Å². The Hall–Kier alpha value is -2.30. The summed E-state index contributed by atoms with van der Waals surface area (Å²) in [6.07, 6.45) is 3.61. The SMILES string of the molecule is CCOC(=O)Cc1csc(NC(=O)c2ccc(S(=O)(=O)N3CCCCC3CC)cc2)n1. The Morgan fingerprint density at radius 2 is 1.97 bits per heavy atom. The molecule has 10 heteroatoms. The van der Waals surface area contributed by atoms with E-state index in [4.69, 9.17) is 4.74 Å². The quantitative estimate of drug-likeness (QED) is 0.599. The second kappa shape index (κ2) is 10.3. The first-order chi connectivity index (χ1) is 14.8. The maximum atomic E-state index is 13.0. The third-order valence-corrected chi connectivity index (χ3v) is 7.94. The summed E-state index contributed by atoms with van der Waals surface area (Å²) < 4.78 is 32.6. The standard InChI is InChI=1S/C21H27N3O5S2/c1-3-17-7-5-6-12-24(17)31(27,28)18-10-8-15(9-11-18)20(26)23-21-22-16(14-30-21)13-19(25)29-4-2/h8-11,14,17H,3-7,12-13H2,1-2H3,(H,22,23,26). The van der Waals surface area contributed by atoms with Gasteiger partial charge in [0.05, 0.1) is 23.6 Å². The number of hydrogen-bond acceptors (Lipinski definition) is 7. The first kappa shape index (κ1) is 23.4. The van der Waals surface area contributed by atoms with E-state index >= 15 is 0 Å². The van der Waals surface area contributed by atoms with Crippen LogP contribution in [0.5, 0.6) is 0 Å². The summed E-state index contributed by atoms with van der Waals surface area (Å²) in [4.78, 5) is 28.5. The lowest BCUT2D eigenvalue weighted by Crippen LogP contribution is -2.43. The number of sulfonamides is 1. The van der Waals surface area contributed by atoms with E-state index in [1.807, 2.05) is 6.92 Å². The number of anilines is 1. The summed E-state index contributed by atoms with van der Waals surface area (Å²) in [5.41, 5.74) is 0.846. The molecular formula is C21H27N3O5S2. The summed E-state index contributed by atoms with van der Waals surface area (Å²) in [5.74, 6) is -0.771. The third kappa shape index (κ3) is 5.69. The van der Waals surface area contributed by atoms with E-state index in [0.717, 1.165) is 25.7 Å². The van der Waals surface area contributed by atoms with Crippen molar-refractivity contribution >= 4 is 38.4 Å². The van der Waals surface area contributed by atoms with Gasteiger partial charge in [-0.05, 0) is 50.5 Å². The Morgan fingerprint density at radius 3 is 2.65 bits per heavy atom. The number of nitrogens with one attached hydrogen (secondary N) is 1. The van der Waals surface area contributed by atoms with E-state index in [9.17, 15) is 18.0 Å². The zero-order valence-electron chi connectivity index (χ0n) is 17.7. The summed E-state index contributed by atoms with van der Waals surface area (Å²) >= 11 is 1.21. The number of piperidine rings is 1. The van der Waals surface area contributed by atoms with Crippen LogP contribution in [0.2, 0.25) is 0 Å². The average Bonchev–Trinajstić information content (AvgIpc) is 3.20. The fourth-order valence-corrected chi connectivity index (χ4v) is 6.06. The Morgan fingerprint density at radius 1 is 1.23 bits per heavy atom. The number of benzene rings is 1. The number of rotatable bonds is 8. The minimum atomic E-state index is -3.59. The second-order valence-electron chi connectivity index (χ2n) is 7.28. The molecule has 8 nitrogen and oxygen atoms in total. The molecule has 1 N–H and O–H groups in total. The van der Waals surface area contributed by atoms with E-state index in [1.165, 1.54) is 35.6 Å². The largest absolute Gasteiger partial charge is 0.466 e. The van der Waals surface area contributed by atoms with Crippen molar-refractivity contribution in [3.63, 3.8) is 0 Å². The molecule has 0 bridgehead atoms. The number of hydrogen-bond donors (Lipinski definition) is 1. The number of thiazole rings is 1. The lowest BCUT2D eigenvalue weighted by Gasteiger charge is -2.34. The van der Waals surface area contributed by atoms with Gasteiger partial charge in [-0.2, -0.15) is 4.31 Å². The molecule has 2 aromatic rings. The first-order valence-electron chi connectivity index (χ1n) is 10.4. The molecule has 168 valence electrons. The summed E-state index contributed by atoms with van der Waals surface area (Å²) in [6.45, 7) is 4.56. The van der Waals surface area contributed by atoms with Gasteiger partial charge in [0.2, 0.25) is 10.0 Å². The molecule has 1 aliphatic rings. The van der Waals surface area contributed by atoms with Gasteiger partial charge in [0, 0.05) is 23.5 Å². The van der Waals surface area contributed by atoms with E-state index in [0.29, 0.717) is 29.5 Å². The molecule has 0 spiro atoms. The smallest absolute Gasteiger partial charge is 0.311 e. The maximum Gasteiger partial charge on any atom is 0.311 e. The van der Waals surface area contributed by atoms with Gasteiger partial charge < -0.3 is 4.74 Å². The Bertz CT molecular complexity index is 1020. The molecule has 31 heavy (non-hydrogen) atoms. The number of amides is 1. The molecule has 1 amide bonds. The van der Waals surface area contributed by atoms with Crippen molar-refractivity contribution in [3.8, 4) is 0 Å². The van der Waals surface area contributed by atoms with Crippen molar-refractivity contribution in [1.82, 2.24) is 9.29 Å². The second-order valence-corrected chi connectivity index (χ2v) is 10.0. The van der Waals surface area contributed by atoms with Crippen LogP contribution in [0.15, 0.2) is 34.5 Å². The van der Waals surface area contributed by atoms with Gasteiger partial charge >= 0.3 is 5.97 Å². The molecule has 1 aliphatic heterocycles. The van der Waals surface area contributed by atoms with Crippen LogP contribution in [-0.4, -0.2) is 48.8 Å². The number of carbonyl (C=O) groups excluding carboxylic acids is 2. The van der Waals surface area contributed by atoms with Gasteiger partial charge in [0.25, 0.3) is 5.91 Å². The maximum absolute atomic E-state index is 13.0. The van der Waals surface area contributed by atoms with Crippen molar-refractivity contribution in [3.05, 3.63) is 40.9 Å². The fraction of sp³-hybridized carbons (Fsp3) is 0.476. The molecule has 1 unspecified atom stereocenters. The molecule has 0 aliphatic carbocycles. The highest BCUT2D eigenvalue weighted by Crippen LogP contribution is 2.27. The Labute approximate surface area is 186 Å². The van der Waals surface area contributed by atoms with Gasteiger partial charge in [-0.15, -0.1) is 11.3 Å². The monoisotopic (exact) mass is 465 g/mol. The molecule has 1 fully saturated rings. The van der Waals surface area contributed by atoms with E-state index in [1.54, 1.807) is 16.6 Å². The van der Waals surface area contributed by atoms with E-state index in [-0.39, 0.29) is 23.3 Å². The lowest BCUT2D eigenvalue weighted by molar-refractivity contribution is -0.142. The van der Waals surface area contributed by atoms with Crippen molar-refractivity contribution in [1.29, 1.82) is 0 Å². The third-order valence-electron chi connectivity index (χ3n) is 5.17. The molecule has 0 saturated carbocycles. The van der Waals surface area contributed by atoms with Crippen LogP contribution < -0.4 is 5.32 Å². The molecule has 2 heterocycles. The zero-order chi connectivity index (χ0) is 22.4. The summed E-state index contributed by atoms with van der Waals surface area (Å²) in [6, 6.07) is 5.97. The van der Waals surface area contributed by atoms with Gasteiger partial charge in [0.15, 0.2) is 5.13 Å². The van der Waals surface area contributed by atoms with Gasteiger partial charge in [-0.1, -0.05) is 13.3 Å². The molecule has 1 saturated heterocycles. The predicted octanol–water partition coefficient (Wildman–Crippen LogP) is 3.45. The number of aromatic nitrogens is 1. The van der Waals surface area contributed by atoms with Crippen LogP contribution >= 0.6 is 11.3 Å². The molecular weight excluding hydrogens is 438 g/mol.